The molecule has 0 amide bonds. The molecule has 0 bridgehead atoms. The standard InChI is InChI=1S/C33H17N3O3/c1-34-23-13-8-15-25-28(23)32(38)21-12-7-11-20-29(21)36(25)30-22(31(20)37)17-18-26-33(30)39-27-16-6-5-14-24(27)35(26)19-9-3-2-4-10-19/h2-18H. The lowest BCUT2D eigenvalue weighted by atomic mass is 10.0. The highest BCUT2D eigenvalue weighted by atomic mass is 16.5. The Morgan fingerprint density at radius 2 is 1.36 bits per heavy atom. The molecule has 39 heavy (non-hydrogen) atoms. The SMILES string of the molecule is [C-]#[N+]c1cccc2c1c(=O)c1cccc3c(=O)c4ccc5c(c4n2c31)Oc1ccccc1N5c1ccccc1. The molecule has 8 rings (SSSR count). The molecule has 0 saturated carbocycles. The van der Waals surface area contributed by atoms with Gasteiger partial charge in [0, 0.05) is 22.0 Å². The van der Waals surface area contributed by atoms with Crippen molar-refractivity contribution in [1.29, 1.82) is 0 Å². The summed E-state index contributed by atoms with van der Waals surface area (Å²) in [7, 11) is 0. The van der Waals surface area contributed by atoms with Crippen molar-refractivity contribution >= 4 is 60.8 Å². The number of para-hydroxylation sites is 4. The Kier molecular flexibility index (Phi) is 4.21. The lowest BCUT2D eigenvalue weighted by molar-refractivity contribution is 0.481. The second-order valence-electron chi connectivity index (χ2n) is 9.53. The van der Waals surface area contributed by atoms with Crippen molar-refractivity contribution < 1.29 is 4.74 Å². The van der Waals surface area contributed by atoms with E-state index in [9.17, 15) is 9.59 Å². The average Bonchev–Trinajstić information content (AvgIpc) is 2.99. The van der Waals surface area contributed by atoms with Crippen molar-refractivity contribution in [2.24, 2.45) is 0 Å². The first-order valence-corrected chi connectivity index (χ1v) is 12.5. The summed E-state index contributed by atoms with van der Waals surface area (Å²) in [6, 6.07) is 32.0. The van der Waals surface area contributed by atoms with Crippen molar-refractivity contribution in [3.8, 4) is 11.5 Å². The molecule has 0 fully saturated rings. The smallest absolute Gasteiger partial charge is 0.200 e. The maximum Gasteiger partial charge on any atom is 0.200 e. The van der Waals surface area contributed by atoms with Crippen LogP contribution in [0.25, 0.3) is 42.9 Å². The fraction of sp³-hybridized carbons (Fsp3) is 0. The van der Waals surface area contributed by atoms with Crippen LogP contribution in [0.1, 0.15) is 0 Å². The van der Waals surface area contributed by atoms with Gasteiger partial charge >= 0.3 is 0 Å². The summed E-state index contributed by atoms with van der Waals surface area (Å²) >= 11 is 0. The normalized spacial score (nSPS) is 12.4. The molecule has 3 heterocycles. The lowest BCUT2D eigenvalue weighted by Crippen LogP contribution is -2.19. The molecule has 1 aliphatic rings. The molecule has 6 heteroatoms. The zero-order valence-electron chi connectivity index (χ0n) is 20.4. The van der Waals surface area contributed by atoms with Gasteiger partial charge in [0.25, 0.3) is 0 Å². The molecule has 0 spiro atoms. The predicted octanol–water partition coefficient (Wildman–Crippen LogP) is 7.68. The van der Waals surface area contributed by atoms with Gasteiger partial charge in [-0.25, -0.2) is 4.85 Å². The summed E-state index contributed by atoms with van der Waals surface area (Å²) in [6.45, 7) is 7.74. The van der Waals surface area contributed by atoms with Crippen LogP contribution in [-0.2, 0) is 0 Å². The summed E-state index contributed by atoms with van der Waals surface area (Å²) in [4.78, 5) is 33.4. The molecule has 6 nitrogen and oxygen atoms in total. The first-order valence-electron chi connectivity index (χ1n) is 12.5. The van der Waals surface area contributed by atoms with E-state index in [-0.39, 0.29) is 16.5 Å². The lowest BCUT2D eigenvalue weighted by Gasteiger charge is -2.33. The first-order chi connectivity index (χ1) is 19.2. The van der Waals surface area contributed by atoms with Gasteiger partial charge in [-0.3, -0.25) is 9.59 Å². The van der Waals surface area contributed by atoms with Crippen LogP contribution >= 0.6 is 0 Å². The average molecular weight is 504 g/mol. The van der Waals surface area contributed by atoms with Crippen LogP contribution in [-0.4, -0.2) is 4.40 Å². The zero-order chi connectivity index (χ0) is 26.2. The predicted molar refractivity (Wildman–Crippen MR) is 155 cm³/mol. The van der Waals surface area contributed by atoms with Crippen LogP contribution < -0.4 is 20.5 Å². The van der Waals surface area contributed by atoms with Gasteiger partial charge in [-0.05, 0) is 54.6 Å². The zero-order valence-corrected chi connectivity index (χ0v) is 20.4. The molecule has 0 radical (unpaired) electrons. The summed E-state index contributed by atoms with van der Waals surface area (Å²) in [5.74, 6) is 1.16. The number of rotatable bonds is 1. The first kappa shape index (κ1) is 21.4. The topological polar surface area (TPSA) is 55.4 Å². The van der Waals surface area contributed by atoms with Crippen molar-refractivity contribution in [3.05, 3.63) is 135 Å². The number of hydrogen-bond donors (Lipinski definition) is 0. The number of anilines is 3. The van der Waals surface area contributed by atoms with E-state index in [2.05, 4.69) is 9.74 Å². The van der Waals surface area contributed by atoms with Crippen molar-refractivity contribution in [2.75, 3.05) is 4.90 Å². The summed E-state index contributed by atoms with van der Waals surface area (Å²) in [5.41, 5.74) is 4.08. The summed E-state index contributed by atoms with van der Waals surface area (Å²) in [5, 5.41) is 1.64. The third-order valence-electron chi connectivity index (χ3n) is 7.51. The van der Waals surface area contributed by atoms with Crippen LogP contribution in [0.15, 0.2) is 113 Å². The van der Waals surface area contributed by atoms with Gasteiger partial charge in [-0.15, -0.1) is 0 Å². The van der Waals surface area contributed by atoms with Gasteiger partial charge < -0.3 is 14.0 Å². The number of hydrogen-bond acceptors (Lipinski definition) is 4. The van der Waals surface area contributed by atoms with Gasteiger partial charge in [-0.1, -0.05) is 48.5 Å². The Morgan fingerprint density at radius 3 is 2.18 bits per heavy atom. The number of fused-ring (bicyclic) bond motifs is 7. The van der Waals surface area contributed by atoms with E-state index in [1.54, 1.807) is 30.3 Å². The fourth-order valence-corrected chi connectivity index (χ4v) is 5.89. The molecular weight excluding hydrogens is 486 g/mol. The van der Waals surface area contributed by atoms with Crippen molar-refractivity contribution in [2.45, 2.75) is 0 Å². The largest absolute Gasteiger partial charge is 0.451 e. The molecule has 0 saturated heterocycles. The third kappa shape index (κ3) is 2.73. The Hall–Kier alpha value is -5.67. The Bertz CT molecular complexity index is 2320. The molecule has 0 N–H and O–H groups in total. The van der Waals surface area contributed by atoms with Crippen LogP contribution in [0.4, 0.5) is 22.7 Å². The van der Waals surface area contributed by atoms with Crippen molar-refractivity contribution in [3.63, 3.8) is 0 Å². The van der Waals surface area contributed by atoms with Gasteiger partial charge in [0.2, 0.25) is 0 Å². The Balaban J connectivity index is 1.65. The molecule has 5 aromatic carbocycles. The molecular formula is C33H17N3O3. The molecule has 0 atom stereocenters. The molecule has 182 valence electrons. The second-order valence-corrected chi connectivity index (χ2v) is 9.53. The van der Waals surface area contributed by atoms with Crippen LogP contribution in [0.3, 0.4) is 0 Å². The monoisotopic (exact) mass is 503 g/mol. The van der Waals surface area contributed by atoms with E-state index >= 15 is 0 Å². The quantitative estimate of drug-likeness (QED) is 0.131. The van der Waals surface area contributed by atoms with E-state index < -0.39 is 0 Å². The highest BCUT2D eigenvalue weighted by molar-refractivity contribution is 6.12. The van der Waals surface area contributed by atoms with E-state index in [1.807, 2.05) is 77.2 Å². The van der Waals surface area contributed by atoms with Crippen molar-refractivity contribution in [1.82, 2.24) is 4.40 Å². The minimum absolute atomic E-state index is 0.174. The van der Waals surface area contributed by atoms with Gasteiger partial charge in [0.05, 0.1) is 34.2 Å². The number of benzene rings is 5. The second kappa shape index (κ2) is 7.67. The number of pyridine rings is 2. The minimum Gasteiger partial charge on any atom is -0.451 e. The molecule has 2 aromatic heterocycles. The third-order valence-corrected chi connectivity index (χ3v) is 7.51. The van der Waals surface area contributed by atoms with Crippen LogP contribution in [0.2, 0.25) is 0 Å². The van der Waals surface area contributed by atoms with E-state index in [4.69, 9.17) is 11.3 Å². The van der Waals surface area contributed by atoms with Crippen LogP contribution in [0.5, 0.6) is 11.5 Å². The highest BCUT2D eigenvalue weighted by Crippen LogP contribution is 2.52. The molecule has 0 aliphatic carbocycles. The fourth-order valence-electron chi connectivity index (χ4n) is 5.89. The maximum absolute atomic E-state index is 13.9. The summed E-state index contributed by atoms with van der Waals surface area (Å²) < 4.78 is 8.54. The number of ether oxygens (including phenoxy) is 1. The van der Waals surface area contributed by atoms with E-state index in [1.165, 1.54) is 0 Å². The molecule has 7 aromatic rings. The number of nitrogens with zero attached hydrogens (tertiary/aromatic N) is 3. The molecule has 0 unspecified atom stereocenters. The summed E-state index contributed by atoms with van der Waals surface area (Å²) in [6.07, 6.45) is 0. The van der Waals surface area contributed by atoms with Gasteiger partial charge in [0.1, 0.15) is 5.52 Å². The minimum atomic E-state index is -0.261. The maximum atomic E-state index is 13.9. The van der Waals surface area contributed by atoms with Gasteiger partial charge in [0.15, 0.2) is 28.0 Å². The Labute approximate surface area is 221 Å². The van der Waals surface area contributed by atoms with E-state index in [0.717, 1.165) is 17.1 Å². The van der Waals surface area contributed by atoms with Gasteiger partial charge in [-0.2, -0.15) is 0 Å². The van der Waals surface area contributed by atoms with Crippen LogP contribution in [0, 0.1) is 6.57 Å². The van der Waals surface area contributed by atoms with E-state index in [0.29, 0.717) is 49.6 Å². The Morgan fingerprint density at radius 1 is 0.641 bits per heavy atom. The molecule has 1 aliphatic heterocycles. The highest BCUT2D eigenvalue weighted by Gasteiger charge is 2.30. The number of aromatic nitrogens is 1.